The highest BCUT2D eigenvalue weighted by molar-refractivity contribution is 5.44. The van der Waals surface area contributed by atoms with Gasteiger partial charge >= 0.3 is 0 Å². The number of nitrogens with one attached hydrogen (secondary N) is 1. The molecule has 114 valence electrons. The van der Waals surface area contributed by atoms with Gasteiger partial charge in [0.05, 0.1) is 0 Å². The normalized spacial score (nSPS) is 12.8. The van der Waals surface area contributed by atoms with Crippen molar-refractivity contribution in [1.29, 1.82) is 0 Å². The monoisotopic (exact) mass is 289 g/mol. The van der Waals surface area contributed by atoms with E-state index in [-0.39, 0.29) is 0 Å². The Hall–Kier alpha value is -2.04. The Kier molecular flexibility index (Phi) is 5.20. The number of hydrogen-bond acceptors (Lipinski definition) is 4. The van der Waals surface area contributed by atoms with Gasteiger partial charge in [0, 0.05) is 12.3 Å². The smallest absolute Gasteiger partial charge is 0.161 e. The number of H-pyrrole nitrogens is 1. The van der Waals surface area contributed by atoms with Gasteiger partial charge in [-0.15, -0.1) is 0 Å². The van der Waals surface area contributed by atoms with Gasteiger partial charge in [-0.1, -0.05) is 33.8 Å². The van der Waals surface area contributed by atoms with E-state index in [2.05, 4.69) is 29.0 Å². The van der Waals surface area contributed by atoms with Crippen LogP contribution in [0.1, 0.15) is 50.8 Å². The predicted octanol–water partition coefficient (Wildman–Crippen LogP) is 3.32. The maximum absolute atomic E-state index is 5.57. The van der Waals surface area contributed by atoms with E-state index < -0.39 is 0 Å². The summed E-state index contributed by atoms with van der Waals surface area (Å²) in [6.45, 7) is 9.39. The Morgan fingerprint density at radius 2 is 1.86 bits per heavy atom. The molecule has 0 bridgehead atoms. The molecule has 0 spiro atoms. The van der Waals surface area contributed by atoms with Crippen molar-refractivity contribution in [2.24, 2.45) is 0 Å². The summed E-state index contributed by atoms with van der Waals surface area (Å²) in [5, 5.41) is 7.19. The van der Waals surface area contributed by atoms with Gasteiger partial charge in [-0.2, -0.15) is 5.10 Å². The first kappa shape index (κ1) is 15.4. The molecule has 0 saturated carbocycles. The maximum Gasteiger partial charge on any atom is 0.161 e. The summed E-state index contributed by atoms with van der Waals surface area (Å²) < 4.78 is 11.1. The highest BCUT2D eigenvalue weighted by atomic mass is 16.6. The summed E-state index contributed by atoms with van der Waals surface area (Å²) in [5.74, 6) is 3.70. The lowest BCUT2D eigenvalue weighted by Crippen LogP contribution is -2.15. The van der Waals surface area contributed by atoms with Gasteiger partial charge in [-0.25, -0.2) is 4.98 Å². The third-order valence-corrected chi connectivity index (χ3v) is 3.04. The quantitative estimate of drug-likeness (QED) is 0.941. The van der Waals surface area contributed by atoms with Gasteiger partial charge in [-0.3, -0.25) is 5.10 Å². The van der Waals surface area contributed by atoms with Crippen molar-refractivity contribution in [3.63, 3.8) is 0 Å². The van der Waals surface area contributed by atoms with Crippen molar-refractivity contribution < 1.29 is 9.47 Å². The number of fused-ring (bicyclic) bond motifs is 1. The lowest BCUT2D eigenvalue weighted by Gasteiger charge is -2.18. The third-order valence-electron chi connectivity index (χ3n) is 3.04. The number of ether oxygens (including phenoxy) is 2. The molecule has 2 aromatic rings. The van der Waals surface area contributed by atoms with Crippen LogP contribution >= 0.6 is 0 Å². The summed E-state index contributed by atoms with van der Waals surface area (Å²) in [5.41, 5.74) is 1.13. The second-order valence-electron chi connectivity index (χ2n) is 4.95. The van der Waals surface area contributed by atoms with Gasteiger partial charge in [-0.05, 0) is 17.7 Å². The van der Waals surface area contributed by atoms with Crippen LogP contribution in [0.4, 0.5) is 0 Å². The number of nitrogens with zero attached hydrogens (tertiary/aromatic N) is 2. The molecule has 1 aromatic heterocycles. The number of aromatic nitrogens is 3. The summed E-state index contributed by atoms with van der Waals surface area (Å²) in [4.78, 5) is 4.48. The van der Waals surface area contributed by atoms with E-state index in [9.17, 15) is 0 Å². The fourth-order valence-corrected chi connectivity index (χ4v) is 2.04. The van der Waals surface area contributed by atoms with Crippen molar-refractivity contribution in [3.05, 3.63) is 35.4 Å². The standard InChI is InChI=1S/C14H17N3O2.C2H6/c1-9(2)14-15-13(16-17-14)8-10-3-4-11-12(7-10)19-6-5-18-11;1-2/h3-4,7,9H,5-6,8H2,1-2H3,(H,15,16,17);1-2H3. The molecule has 1 aromatic carbocycles. The zero-order chi connectivity index (χ0) is 15.2. The van der Waals surface area contributed by atoms with Crippen molar-refractivity contribution in [1.82, 2.24) is 15.2 Å². The number of benzene rings is 1. The Labute approximate surface area is 125 Å². The van der Waals surface area contributed by atoms with E-state index >= 15 is 0 Å². The fourth-order valence-electron chi connectivity index (χ4n) is 2.04. The molecule has 0 saturated heterocycles. The summed E-state index contributed by atoms with van der Waals surface area (Å²) in [6, 6.07) is 5.99. The lowest BCUT2D eigenvalue weighted by atomic mass is 10.1. The van der Waals surface area contributed by atoms with Gasteiger partial charge < -0.3 is 9.47 Å². The van der Waals surface area contributed by atoms with Gasteiger partial charge in [0.25, 0.3) is 0 Å². The molecule has 3 rings (SSSR count). The van der Waals surface area contributed by atoms with Crippen LogP contribution in [-0.4, -0.2) is 28.4 Å². The molecule has 0 aliphatic carbocycles. The minimum Gasteiger partial charge on any atom is -0.486 e. The molecule has 5 heteroatoms. The SMILES string of the molecule is CC.CC(C)c1n[nH]c(Cc2ccc3c(c2)OCCO3)n1. The molecule has 5 nitrogen and oxygen atoms in total. The van der Waals surface area contributed by atoms with E-state index in [0.717, 1.165) is 35.1 Å². The predicted molar refractivity (Wildman–Crippen MR) is 82.1 cm³/mol. The zero-order valence-electron chi connectivity index (χ0n) is 13.1. The number of aromatic amines is 1. The molecule has 0 unspecified atom stereocenters. The van der Waals surface area contributed by atoms with Gasteiger partial charge in [0.2, 0.25) is 0 Å². The molecule has 1 N–H and O–H groups in total. The Balaban J connectivity index is 0.000000774. The van der Waals surface area contributed by atoms with Crippen molar-refractivity contribution in [2.45, 2.75) is 40.0 Å². The second-order valence-corrected chi connectivity index (χ2v) is 4.95. The van der Waals surface area contributed by atoms with Crippen molar-refractivity contribution >= 4 is 0 Å². The van der Waals surface area contributed by atoms with E-state index in [1.807, 2.05) is 32.0 Å². The summed E-state index contributed by atoms with van der Waals surface area (Å²) in [6.07, 6.45) is 0.719. The van der Waals surface area contributed by atoms with Crippen molar-refractivity contribution in [2.75, 3.05) is 13.2 Å². The molecular weight excluding hydrogens is 266 g/mol. The average Bonchev–Trinajstić information content (AvgIpc) is 2.98. The molecular formula is C16H23N3O2. The summed E-state index contributed by atoms with van der Waals surface area (Å²) in [7, 11) is 0. The van der Waals surface area contributed by atoms with Gasteiger partial charge in [0.15, 0.2) is 17.3 Å². The third kappa shape index (κ3) is 3.74. The minimum atomic E-state index is 0.338. The van der Waals surface area contributed by atoms with E-state index in [1.54, 1.807) is 0 Å². The van der Waals surface area contributed by atoms with Crippen molar-refractivity contribution in [3.8, 4) is 11.5 Å². The molecule has 21 heavy (non-hydrogen) atoms. The molecule has 1 aliphatic heterocycles. The molecule has 0 fully saturated rings. The van der Waals surface area contributed by atoms with Crippen LogP contribution in [0.2, 0.25) is 0 Å². The first-order chi connectivity index (χ1) is 10.2. The molecule has 2 heterocycles. The van der Waals surface area contributed by atoms with Crippen LogP contribution in [0.5, 0.6) is 11.5 Å². The first-order valence-corrected chi connectivity index (χ1v) is 7.52. The lowest BCUT2D eigenvalue weighted by molar-refractivity contribution is 0.171. The highest BCUT2D eigenvalue weighted by Crippen LogP contribution is 2.31. The second kappa shape index (κ2) is 7.11. The topological polar surface area (TPSA) is 60.0 Å². The van der Waals surface area contributed by atoms with E-state index in [1.165, 1.54) is 0 Å². The Morgan fingerprint density at radius 1 is 1.14 bits per heavy atom. The maximum atomic E-state index is 5.57. The Bertz CT molecular complexity index is 579. The first-order valence-electron chi connectivity index (χ1n) is 7.52. The fraction of sp³-hybridized carbons (Fsp3) is 0.500. The molecule has 0 radical (unpaired) electrons. The highest BCUT2D eigenvalue weighted by Gasteiger charge is 2.13. The zero-order valence-corrected chi connectivity index (χ0v) is 13.1. The molecule has 1 aliphatic rings. The van der Waals surface area contributed by atoms with E-state index in [4.69, 9.17) is 9.47 Å². The number of rotatable bonds is 3. The average molecular weight is 289 g/mol. The molecule has 0 atom stereocenters. The minimum absolute atomic E-state index is 0.338. The van der Waals surface area contributed by atoms with Crippen LogP contribution in [0, 0.1) is 0 Å². The van der Waals surface area contributed by atoms with Gasteiger partial charge in [0.1, 0.15) is 19.0 Å². The largest absolute Gasteiger partial charge is 0.486 e. The van der Waals surface area contributed by atoms with Crippen LogP contribution in [0.15, 0.2) is 18.2 Å². The molecule has 0 amide bonds. The van der Waals surface area contributed by atoms with E-state index in [0.29, 0.717) is 19.1 Å². The van der Waals surface area contributed by atoms with Crippen LogP contribution in [0.25, 0.3) is 0 Å². The van der Waals surface area contributed by atoms with Crippen LogP contribution in [-0.2, 0) is 6.42 Å². The Morgan fingerprint density at radius 3 is 2.52 bits per heavy atom. The van der Waals surface area contributed by atoms with Crippen LogP contribution in [0.3, 0.4) is 0 Å². The van der Waals surface area contributed by atoms with Crippen LogP contribution < -0.4 is 9.47 Å². The number of hydrogen-bond donors (Lipinski definition) is 1. The summed E-state index contributed by atoms with van der Waals surface area (Å²) >= 11 is 0.